The molecule has 172 valence electrons. The molecule has 0 fully saturated rings. The van der Waals surface area contributed by atoms with Crippen molar-refractivity contribution in [2.75, 3.05) is 4.90 Å². The summed E-state index contributed by atoms with van der Waals surface area (Å²) in [5.74, 6) is -0.304. The number of benzene rings is 2. The molecule has 5 nitrogen and oxygen atoms in total. The Morgan fingerprint density at radius 3 is 2.42 bits per heavy atom. The molecule has 1 aliphatic rings. The van der Waals surface area contributed by atoms with Gasteiger partial charge in [0.2, 0.25) is 5.91 Å². The zero-order valence-electron chi connectivity index (χ0n) is 17.6. The van der Waals surface area contributed by atoms with Crippen molar-refractivity contribution in [3.8, 4) is 0 Å². The number of aryl methyl sites for hydroxylation is 1. The van der Waals surface area contributed by atoms with Crippen LogP contribution in [-0.4, -0.2) is 26.4 Å². The van der Waals surface area contributed by atoms with Crippen molar-refractivity contribution in [3.63, 3.8) is 0 Å². The molecule has 1 atom stereocenters. The van der Waals surface area contributed by atoms with Crippen molar-refractivity contribution in [1.82, 2.24) is 4.98 Å². The molecular weight excluding hydrogens is 453 g/mol. The second kappa shape index (κ2) is 9.17. The predicted octanol–water partition coefficient (Wildman–Crippen LogP) is 4.64. The Kier molecular flexibility index (Phi) is 6.47. The molecule has 33 heavy (non-hydrogen) atoms. The molecule has 0 spiro atoms. The molecule has 0 aliphatic carbocycles. The largest absolute Gasteiger partial charge is 0.416 e. The van der Waals surface area contributed by atoms with Crippen LogP contribution in [-0.2, 0) is 23.9 Å². The minimum Gasteiger partial charge on any atom is -0.364 e. The summed E-state index contributed by atoms with van der Waals surface area (Å²) in [4.78, 5) is 19.3. The van der Waals surface area contributed by atoms with Crippen LogP contribution in [0.1, 0.15) is 34.2 Å². The first kappa shape index (κ1) is 23.3. The highest BCUT2D eigenvalue weighted by Crippen LogP contribution is 2.41. The first-order valence-electron chi connectivity index (χ1n) is 10.2. The SMILES string of the molecule is Cc1ccc2c(n1)SC(Cc1ccc(C(O)O)cc1)C(=O)N2Cc1ccccc1C(F)(F)F. The van der Waals surface area contributed by atoms with E-state index in [1.165, 1.54) is 34.9 Å². The van der Waals surface area contributed by atoms with Crippen molar-refractivity contribution >= 4 is 23.4 Å². The minimum absolute atomic E-state index is 0.0109. The monoisotopic (exact) mass is 474 g/mol. The van der Waals surface area contributed by atoms with Crippen LogP contribution >= 0.6 is 11.8 Å². The summed E-state index contributed by atoms with van der Waals surface area (Å²) in [6.07, 6.45) is -5.80. The van der Waals surface area contributed by atoms with Crippen molar-refractivity contribution in [2.24, 2.45) is 0 Å². The lowest BCUT2D eigenvalue weighted by Gasteiger charge is -2.34. The molecule has 2 N–H and O–H groups in total. The van der Waals surface area contributed by atoms with E-state index in [1.807, 2.05) is 6.92 Å². The fourth-order valence-corrected chi connectivity index (χ4v) is 5.00. The number of carbonyl (C=O) groups is 1. The number of pyridine rings is 1. The highest BCUT2D eigenvalue weighted by molar-refractivity contribution is 8.00. The molecule has 3 aromatic rings. The van der Waals surface area contributed by atoms with Gasteiger partial charge in [-0.3, -0.25) is 4.79 Å². The quantitative estimate of drug-likeness (QED) is 0.527. The fraction of sp³-hybridized carbons (Fsp3) is 0.250. The second-order valence-corrected chi connectivity index (χ2v) is 8.97. The molecule has 0 saturated heterocycles. The van der Waals surface area contributed by atoms with Crippen molar-refractivity contribution < 1.29 is 28.2 Å². The van der Waals surface area contributed by atoms with Crippen LogP contribution in [0.4, 0.5) is 18.9 Å². The zero-order chi connectivity index (χ0) is 23.8. The molecule has 1 amide bonds. The lowest BCUT2D eigenvalue weighted by atomic mass is 10.0. The summed E-state index contributed by atoms with van der Waals surface area (Å²) in [6, 6.07) is 15.2. The van der Waals surface area contributed by atoms with E-state index in [9.17, 15) is 28.2 Å². The van der Waals surface area contributed by atoms with Gasteiger partial charge in [-0.15, -0.1) is 0 Å². The molecule has 2 heterocycles. The topological polar surface area (TPSA) is 73.7 Å². The smallest absolute Gasteiger partial charge is 0.364 e. The molecule has 0 radical (unpaired) electrons. The van der Waals surface area contributed by atoms with Gasteiger partial charge >= 0.3 is 6.18 Å². The molecule has 1 unspecified atom stereocenters. The number of thioether (sulfide) groups is 1. The van der Waals surface area contributed by atoms with E-state index >= 15 is 0 Å². The summed E-state index contributed by atoms with van der Waals surface area (Å²) in [7, 11) is 0. The predicted molar refractivity (Wildman–Crippen MR) is 119 cm³/mol. The van der Waals surface area contributed by atoms with E-state index in [0.29, 0.717) is 22.7 Å². The van der Waals surface area contributed by atoms with E-state index in [0.717, 1.165) is 17.3 Å². The summed E-state index contributed by atoms with van der Waals surface area (Å²) in [5, 5.41) is 18.5. The molecular formula is C24H21F3N2O3S. The average molecular weight is 475 g/mol. The van der Waals surface area contributed by atoms with Gasteiger partial charge in [0.15, 0.2) is 6.29 Å². The molecule has 2 aromatic carbocycles. The Hall–Kier alpha value is -2.88. The van der Waals surface area contributed by atoms with Crippen LogP contribution in [0.5, 0.6) is 0 Å². The number of fused-ring (bicyclic) bond motifs is 1. The van der Waals surface area contributed by atoms with Gasteiger partial charge in [0, 0.05) is 11.3 Å². The summed E-state index contributed by atoms with van der Waals surface area (Å²) < 4.78 is 40.6. The normalized spacial score (nSPS) is 16.3. The Morgan fingerprint density at radius 2 is 1.76 bits per heavy atom. The van der Waals surface area contributed by atoms with E-state index in [2.05, 4.69) is 4.98 Å². The molecule has 9 heteroatoms. The number of nitrogens with zero attached hydrogens (tertiary/aromatic N) is 2. The third-order valence-electron chi connectivity index (χ3n) is 5.42. The van der Waals surface area contributed by atoms with Gasteiger partial charge in [-0.05, 0) is 42.7 Å². The van der Waals surface area contributed by atoms with Crippen LogP contribution in [0.2, 0.25) is 0 Å². The maximum absolute atomic E-state index is 13.5. The number of aromatic nitrogens is 1. The summed E-state index contributed by atoms with van der Waals surface area (Å²) in [5.41, 5.74) is 1.59. The number of alkyl halides is 3. The number of carbonyl (C=O) groups excluding carboxylic acids is 1. The zero-order valence-corrected chi connectivity index (χ0v) is 18.4. The van der Waals surface area contributed by atoms with E-state index in [-0.39, 0.29) is 18.0 Å². The Bertz CT molecular complexity index is 1170. The van der Waals surface area contributed by atoms with E-state index in [4.69, 9.17) is 0 Å². The number of hydrogen-bond acceptors (Lipinski definition) is 5. The lowest BCUT2D eigenvalue weighted by molar-refractivity contribution is -0.138. The average Bonchev–Trinajstić information content (AvgIpc) is 2.76. The highest BCUT2D eigenvalue weighted by atomic mass is 32.2. The van der Waals surface area contributed by atoms with Gasteiger partial charge < -0.3 is 15.1 Å². The molecule has 4 rings (SSSR count). The van der Waals surface area contributed by atoms with Crippen molar-refractivity contribution in [2.45, 2.75) is 42.6 Å². The van der Waals surface area contributed by atoms with Gasteiger partial charge in [-0.25, -0.2) is 4.98 Å². The first-order valence-corrected chi connectivity index (χ1v) is 11.1. The number of halogens is 3. The summed E-state index contributed by atoms with van der Waals surface area (Å²) >= 11 is 1.29. The van der Waals surface area contributed by atoms with Gasteiger partial charge in [-0.1, -0.05) is 54.2 Å². The van der Waals surface area contributed by atoms with Crippen LogP contribution in [0.15, 0.2) is 65.7 Å². The van der Waals surface area contributed by atoms with Gasteiger partial charge in [0.1, 0.15) is 5.03 Å². The first-order chi connectivity index (χ1) is 15.6. The number of rotatable bonds is 5. The number of anilines is 1. The molecule has 1 aromatic heterocycles. The number of aliphatic hydroxyl groups excluding tert-OH is 1. The third-order valence-corrected chi connectivity index (χ3v) is 6.59. The maximum atomic E-state index is 13.5. The molecule has 1 aliphatic heterocycles. The molecule has 0 bridgehead atoms. The van der Waals surface area contributed by atoms with Gasteiger partial charge in [0.25, 0.3) is 0 Å². The molecule has 0 saturated carbocycles. The fourth-order valence-electron chi connectivity index (χ4n) is 3.73. The number of aliphatic hydroxyl groups is 2. The highest BCUT2D eigenvalue weighted by Gasteiger charge is 2.38. The Morgan fingerprint density at radius 1 is 1.06 bits per heavy atom. The minimum atomic E-state index is -4.53. The van der Waals surface area contributed by atoms with E-state index < -0.39 is 23.3 Å². The van der Waals surface area contributed by atoms with Crippen molar-refractivity contribution in [3.05, 3.63) is 88.6 Å². The van der Waals surface area contributed by atoms with Crippen LogP contribution in [0.25, 0.3) is 0 Å². The van der Waals surface area contributed by atoms with Crippen molar-refractivity contribution in [1.29, 1.82) is 0 Å². The summed E-state index contributed by atoms with van der Waals surface area (Å²) in [6.45, 7) is 1.59. The Balaban J connectivity index is 1.67. The van der Waals surface area contributed by atoms with Gasteiger partial charge in [-0.2, -0.15) is 13.2 Å². The van der Waals surface area contributed by atoms with E-state index in [1.54, 1.807) is 36.4 Å². The number of amides is 1. The van der Waals surface area contributed by atoms with Crippen LogP contribution in [0, 0.1) is 6.92 Å². The standard InChI is InChI=1S/C24H21F3N2O3S/c1-14-6-11-19-21(28-14)33-20(12-15-7-9-16(10-8-15)23(31)32)22(30)29(19)13-17-4-2-3-5-18(17)24(25,26)27/h2-11,20,23,31-32H,12-13H2,1H3. The number of hydrogen-bond donors (Lipinski definition) is 2. The second-order valence-electron chi connectivity index (χ2n) is 7.78. The van der Waals surface area contributed by atoms with Crippen LogP contribution < -0.4 is 4.90 Å². The Labute approximate surface area is 192 Å². The lowest BCUT2D eigenvalue weighted by Crippen LogP contribution is -2.42. The third kappa shape index (κ3) is 5.05. The maximum Gasteiger partial charge on any atom is 0.416 e. The van der Waals surface area contributed by atoms with Gasteiger partial charge in [0.05, 0.1) is 23.0 Å². The van der Waals surface area contributed by atoms with Crippen LogP contribution in [0.3, 0.4) is 0 Å².